The lowest BCUT2D eigenvalue weighted by Crippen LogP contribution is -2.40. The molecule has 0 aromatic carbocycles. The van der Waals surface area contributed by atoms with Crippen LogP contribution in [0.3, 0.4) is 0 Å². The number of piperidine rings is 1. The molecule has 2 aliphatic rings. The minimum atomic E-state index is 0.392. The van der Waals surface area contributed by atoms with Crippen LogP contribution in [0.4, 0.5) is 0 Å². The van der Waals surface area contributed by atoms with Crippen molar-refractivity contribution in [3.63, 3.8) is 0 Å². The first-order valence-electron chi connectivity index (χ1n) is 9.93. The van der Waals surface area contributed by atoms with E-state index in [9.17, 15) is 0 Å². The van der Waals surface area contributed by atoms with Crippen LogP contribution >= 0.6 is 0 Å². The molecule has 0 bridgehead atoms. The molecule has 0 amide bonds. The van der Waals surface area contributed by atoms with Gasteiger partial charge in [0.05, 0.1) is 6.10 Å². The smallest absolute Gasteiger partial charge is 0.178 e. The highest BCUT2D eigenvalue weighted by Crippen LogP contribution is 2.27. The van der Waals surface area contributed by atoms with E-state index >= 15 is 0 Å². The number of likely N-dealkylation sites (tertiary alicyclic amines) is 1. The van der Waals surface area contributed by atoms with Gasteiger partial charge in [-0.25, -0.2) is 4.68 Å². The first-order chi connectivity index (χ1) is 13.4. The molecule has 142 valence electrons. The van der Waals surface area contributed by atoms with Gasteiger partial charge in [-0.2, -0.15) is 9.61 Å². The van der Waals surface area contributed by atoms with Crippen LogP contribution in [-0.2, 0) is 4.74 Å². The largest absolute Gasteiger partial charge is 0.377 e. The number of rotatable bonds is 4. The molecule has 0 saturated carbocycles. The van der Waals surface area contributed by atoms with E-state index in [1.807, 2.05) is 28.9 Å². The Labute approximate surface area is 158 Å². The summed E-state index contributed by atoms with van der Waals surface area (Å²) in [6.45, 7) is 4.16. The van der Waals surface area contributed by atoms with Crippen LogP contribution in [0.15, 0.2) is 30.6 Å². The van der Waals surface area contributed by atoms with Crippen LogP contribution in [0.1, 0.15) is 43.8 Å². The Morgan fingerprint density at radius 3 is 2.78 bits per heavy atom. The monoisotopic (exact) mass is 367 g/mol. The van der Waals surface area contributed by atoms with E-state index in [1.165, 1.54) is 19.3 Å². The number of hydrogen-bond donors (Lipinski definition) is 0. The summed E-state index contributed by atoms with van der Waals surface area (Å²) in [5, 5.41) is 17.8. The number of fused-ring (bicyclic) bond motifs is 1. The zero-order chi connectivity index (χ0) is 18.1. The molecule has 3 aromatic rings. The van der Waals surface area contributed by atoms with Crippen LogP contribution in [0.25, 0.3) is 11.5 Å². The summed E-state index contributed by atoms with van der Waals surface area (Å²) in [6, 6.07) is 5.77. The SMILES string of the molecule is c1cnn(-c2ccc3nnc(C4CCN(CC5CCCCO5)CC4)n3n2)c1. The van der Waals surface area contributed by atoms with E-state index in [0.29, 0.717) is 12.0 Å². The second-order valence-corrected chi connectivity index (χ2v) is 7.53. The highest BCUT2D eigenvalue weighted by Gasteiger charge is 2.27. The summed E-state index contributed by atoms with van der Waals surface area (Å²) >= 11 is 0. The summed E-state index contributed by atoms with van der Waals surface area (Å²) in [6.07, 6.45) is 9.96. The molecule has 8 heteroatoms. The number of ether oxygens (including phenoxy) is 1. The molecule has 1 atom stereocenters. The predicted molar refractivity (Wildman–Crippen MR) is 99.9 cm³/mol. The highest BCUT2D eigenvalue weighted by atomic mass is 16.5. The van der Waals surface area contributed by atoms with Gasteiger partial charge in [0.15, 0.2) is 17.3 Å². The molecule has 5 heterocycles. The Kier molecular flexibility index (Phi) is 4.59. The maximum absolute atomic E-state index is 5.90. The normalized spacial score (nSPS) is 22.4. The number of hydrogen-bond acceptors (Lipinski definition) is 6. The number of aromatic nitrogens is 6. The van der Waals surface area contributed by atoms with Crippen LogP contribution in [0.2, 0.25) is 0 Å². The summed E-state index contributed by atoms with van der Waals surface area (Å²) < 4.78 is 9.55. The minimum absolute atomic E-state index is 0.392. The van der Waals surface area contributed by atoms with Gasteiger partial charge in [0.25, 0.3) is 0 Å². The Morgan fingerprint density at radius 2 is 2.00 bits per heavy atom. The zero-order valence-corrected chi connectivity index (χ0v) is 15.4. The summed E-state index contributed by atoms with van der Waals surface area (Å²) in [7, 11) is 0. The van der Waals surface area contributed by atoms with Gasteiger partial charge in [-0.05, 0) is 63.4 Å². The molecule has 0 spiro atoms. The van der Waals surface area contributed by atoms with Crippen LogP contribution < -0.4 is 0 Å². The lowest BCUT2D eigenvalue weighted by molar-refractivity contribution is -0.00965. The van der Waals surface area contributed by atoms with Gasteiger partial charge in [-0.1, -0.05) is 0 Å². The first-order valence-corrected chi connectivity index (χ1v) is 9.93. The van der Waals surface area contributed by atoms with Crippen molar-refractivity contribution in [3.8, 4) is 5.82 Å². The van der Waals surface area contributed by atoms with Crippen LogP contribution in [0, 0.1) is 0 Å². The molecule has 2 fully saturated rings. The maximum atomic E-state index is 5.90. The summed E-state index contributed by atoms with van der Waals surface area (Å²) in [5.74, 6) is 2.14. The van der Waals surface area contributed by atoms with Crippen molar-refractivity contribution in [3.05, 3.63) is 36.4 Å². The van der Waals surface area contributed by atoms with E-state index in [-0.39, 0.29) is 0 Å². The van der Waals surface area contributed by atoms with Crippen LogP contribution in [0.5, 0.6) is 0 Å². The fourth-order valence-corrected chi connectivity index (χ4v) is 4.19. The molecular formula is C19H25N7O. The second kappa shape index (κ2) is 7.36. The van der Waals surface area contributed by atoms with E-state index in [0.717, 1.165) is 56.4 Å². The Bertz CT molecular complexity index is 877. The maximum Gasteiger partial charge on any atom is 0.178 e. The summed E-state index contributed by atoms with van der Waals surface area (Å²) in [5.41, 5.74) is 0.791. The van der Waals surface area contributed by atoms with Gasteiger partial charge in [-0.3, -0.25) is 0 Å². The molecule has 8 nitrogen and oxygen atoms in total. The Morgan fingerprint density at radius 1 is 1.07 bits per heavy atom. The third kappa shape index (κ3) is 3.46. The van der Waals surface area contributed by atoms with E-state index < -0.39 is 0 Å². The average molecular weight is 367 g/mol. The fourth-order valence-electron chi connectivity index (χ4n) is 4.19. The zero-order valence-electron chi connectivity index (χ0n) is 15.4. The van der Waals surface area contributed by atoms with Crippen molar-refractivity contribution in [1.29, 1.82) is 0 Å². The molecule has 27 heavy (non-hydrogen) atoms. The van der Waals surface area contributed by atoms with Crippen molar-refractivity contribution >= 4 is 5.65 Å². The lowest BCUT2D eigenvalue weighted by Gasteiger charge is -2.34. The van der Waals surface area contributed by atoms with Gasteiger partial charge in [0, 0.05) is 31.5 Å². The predicted octanol–water partition coefficient (Wildman–Crippen LogP) is 2.06. The standard InChI is InChI=1S/C19H25N7O/c1-2-13-27-16(4-1)14-24-11-7-15(8-12-24)19-22-21-17-5-6-18(23-26(17)19)25-10-3-9-20-25/h3,5-6,9-10,15-16H,1-2,4,7-8,11-14H2. The first kappa shape index (κ1) is 16.8. The second-order valence-electron chi connectivity index (χ2n) is 7.53. The van der Waals surface area contributed by atoms with Crippen molar-refractivity contribution in [1.82, 2.24) is 34.5 Å². The molecule has 0 aliphatic carbocycles. The molecule has 0 N–H and O–H groups in total. The molecule has 1 unspecified atom stereocenters. The Balaban J connectivity index is 1.29. The van der Waals surface area contributed by atoms with Gasteiger partial charge in [0.2, 0.25) is 0 Å². The van der Waals surface area contributed by atoms with Crippen molar-refractivity contribution in [2.45, 2.75) is 44.1 Å². The van der Waals surface area contributed by atoms with Crippen molar-refractivity contribution in [2.24, 2.45) is 0 Å². The van der Waals surface area contributed by atoms with Crippen LogP contribution in [-0.4, -0.2) is 66.8 Å². The molecule has 3 aromatic heterocycles. The third-order valence-electron chi connectivity index (χ3n) is 5.70. The fraction of sp³-hybridized carbons (Fsp3) is 0.579. The van der Waals surface area contributed by atoms with Crippen molar-refractivity contribution in [2.75, 3.05) is 26.2 Å². The summed E-state index contributed by atoms with van der Waals surface area (Å²) in [4.78, 5) is 2.54. The third-order valence-corrected chi connectivity index (χ3v) is 5.70. The van der Waals surface area contributed by atoms with Gasteiger partial charge in [-0.15, -0.1) is 15.3 Å². The van der Waals surface area contributed by atoms with Gasteiger partial charge in [0.1, 0.15) is 0 Å². The molecular weight excluding hydrogens is 342 g/mol. The minimum Gasteiger partial charge on any atom is -0.377 e. The van der Waals surface area contributed by atoms with E-state index in [1.54, 1.807) is 10.9 Å². The Hall–Kier alpha value is -2.32. The van der Waals surface area contributed by atoms with Gasteiger partial charge >= 0.3 is 0 Å². The number of nitrogens with zero attached hydrogens (tertiary/aromatic N) is 7. The lowest BCUT2D eigenvalue weighted by atomic mass is 9.95. The van der Waals surface area contributed by atoms with Gasteiger partial charge < -0.3 is 9.64 Å². The van der Waals surface area contributed by atoms with Crippen molar-refractivity contribution < 1.29 is 4.74 Å². The molecule has 2 saturated heterocycles. The molecule has 0 radical (unpaired) electrons. The molecule has 2 aliphatic heterocycles. The average Bonchev–Trinajstić information content (AvgIpc) is 3.39. The molecule has 5 rings (SSSR count). The van der Waals surface area contributed by atoms with E-state index in [4.69, 9.17) is 9.84 Å². The quantitative estimate of drug-likeness (QED) is 0.703. The van der Waals surface area contributed by atoms with E-state index in [2.05, 4.69) is 20.2 Å². The topological polar surface area (TPSA) is 73.4 Å². The highest BCUT2D eigenvalue weighted by molar-refractivity contribution is 5.39.